The summed E-state index contributed by atoms with van der Waals surface area (Å²) >= 11 is 1.91. The predicted molar refractivity (Wildman–Crippen MR) is 201 cm³/mol. The molecule has 0 N–H and O–H groups in total. The van der Waals surface area contributed by atoms with E-state index in [1.165, 1.54) is 87.3 Å². The molecule has 4 heteroatoms. The maximum atomic E-state index is 2.55. The van der Waals surface area contributed by atoms with Crippen LogP contribution in [0.4, 0.5) is 11.4 Å². The number of hydrogen-bond acceptors (Lipinski definition) is 2. The summed E-state index contributed by atoms with van der Waals surface area (Å²) in [5.41, 5.74) is 15.3. The molecule has 0 saturated heterocycles. The average molecular weight is 617 g/mol. The lowest BCUT2D eigenvalue weighted by molar-refractivity contribution is 1.14. The van der Waals surface area contributed by atoms with Crippen LogP contribution in [-0.2, 0) is 0 Å². The van der Waals surface area contributed by atoms with Crippen LogP contribution in [0, 0.1) is 0 Å². The zero-order chi connectivity index (χ0) is 31.1. The van der Waals surface area contributed by atoms with E-state index >= 15 is 0 Å². The van der Waals surface area contributed by atoms with Crippen LogP contribution in [0.2, 0.25) is 0 Å². The topological polar surface area (TPSA) is 8.17 Å². The summed E-state index contributed by atoms with van der Waals surface area (Å²) in [4.78, 5) is 5.07. The Morgan fingerprint density at radius 2 is 1.06 bits per heavy atom. The van der Waals surface area contributed by atoms with Crippen LogP contribution in [0.25, 0.3) is 49.7 Å². The van der Waals surface area contributed by atoms with Gasteiger partial charge in [0.05, 0.1) is 11.0 Å². The molecular weight excluding hydrogens is 587 g/mol. The Labute approximate surface area is 279 Å². The molecule has 0 aliphatic carbocycles. The molecule has 2 aliphatic heterocycles. The van der Waals surface area contributed by atoms with Crippen LogP contribution in [-0.4, -0.2) is 18.3 Å². The number of benzene rings is 7. The summed E-state index contributed by atoms with van der Waals surface area (Å²) in [5, 5.41) is 2.53. The van der Waals surface area contributed by atoms with E-state index in [9.17, 15) is 0 Å². The van der Waals surface area contributed by atoms with Crippen molar-refractivity contribution < 1.29 is 0 Å². The number of hydrogen-bond donors (Lipinski definition) is 0. The number of anilines is 2. The molecule has 220 valence electrons. The van der Waals surface area contributed by atoms with E-state index in [-0.39, 0.29) is 6.71 Å². The third kappa shape index (κ3) is 3.89. The molecule has 2 nitrogen and oxygen atoms in total. The van der Waals surface area contributed by atoms with Crippen molar-refractivity contribution in [3.8, 4) is 27.9 Å². The molecule has 2 aliphatic rings. The Balaban J connectivity index is 1.35. The van der Waals surface area contributed by atoms with Gasteiger partial charge in [0.25, 0.3) is 0 Å². The largest absolute Gasteiger partial charge is 0.345 e. The summed E-state index contributed by atoms with van der Waals surface area (Å²) in [6.07, 6.45) is 0. The van der Waals surface area contributed by atoms with Gasteiger partial charge in [0, 0.05) is 55.8 Å². The van der Waals surface area contributed by atoms with E-state index in [0.717, 1.165) is 0 Å². The highest BCUT2D eigenvalue weighted by molar-refractivity contribution is 8.00. The van der Waals surface area contributed by atoms with Crippen molar-refractivity contribution in [1.82, 2.24) is 4.57 Å². The maximum absolute atomic E-state index is 2.55. The van der Waals surface area contributed by atoms with Gasteiger partial charge in [-0.15, -0.1) is 0 Å². The van der Waals surface area contributed by atoms with Gasteiger partial charge >= 0.3 is 0 Å². The molecule has 0 fully saturated rings. The van der Waals surface area contributed by atoms with Crippen molar-refractivity contribution in [2.24, 2.45) is 0 Å². The van der Waals surface area contributed by atoms with Crippen LogP contribution >= 0.6 is 11.8 Å². The second-order valence-electron chi connectivity index (χ2n) is 12.5. The Kier molecular flexibility index (Phi) is 5.85. The molecule has 47 heavy (non-hydrogen) atoms. The molecule has 0 atom stereocenters. The van der Waals surface area contributed by atoms with Crippen molar-refractivity contribution in [3.63, 3.8) is 0 Å². The highest BCUT2D eigenvalue weighted by atomic mass is 32.2. The average Bonchev–Trinajstić information content (AvgIpc) is 3.48. The van der Waals surface area contributed by atoms with E-state index < -0.39 is 0 Å². The quantitative estimate of drug-likeness (QED) is 0.183. The summed E-state index contributed by atoms with van der Waals surface area (Å²) in [5.74, 6) is 0. The fraction of sp³-hybridized carbons (Fsp3) is 0.0233. The molecule has 0 bridgehead atoms. The first-order valence-electron chi connectivity index (χ1n) is 16.2. The minimum Gasteiger partial charge on any atom is -0.345 e. The molecule has 0 unspecified atom stereocenters. The zero-order valence-electron chi connectivity index (χ0n) is 25.9. The van der Waals surface area contributed by atoms with Gasteiger partial charge in [0.2, 0.25) is 6.71 Å². The van der Waals surface area contributed by atoms with Gasteiger partial charge in [-0.3, -0.25) is 0 Å². The second kappa shape index (κ2) is 10.3. The summed E-state index contributed by atoms with van der Waals surface area (Å²) in [6.45, 7) is 0.205. The van der Waals surface area contributed by atoms with Crippen molar-refractivity contribution in [2.45, 2.75) is 9.79 Å². The molecule has 8 aromatic rings. The van der Waals surface area contributed by atoms with E-state index in [0.29, 0.717) is 0 Å². The van der Waals surface area contributed by atoms with Crippen LogP contribution in [0.1, 0.15) is 0 Å². The molecule has 3 heterocycles. The Bertz CT molecular complexity index is 2420. The fourth-order valence-electron chi connectivity index (χ4n) is 8.03. The summed E-state index contributed by atoms with van der Waals surface area (Å²) in [6, 6.07) is 58.0. The third-order valence-corrected chi connectivity index (χ3v) is 11.2. The molecular formula is C43H29BN2S. The van der Waals surface area contributed by atoms with Crippen molar-refractivity contribution >= 4 is 68.0 Å². The van der Waals surface area contributed by atoms with E-state index in [1.54, 1.807) is 0 Å². The Morgan fingerprint density at radius 1 is 0.489 bits per heavy atom. The number of aromatic nitrogens is 1. The molecule has 10 rings (SSSR count). The first kappa shape index (κ1) is 26.7. The minimum atomic E-state index is 0.205. The fourth-order valence-corrected chi connectivity index (χ4v) is 9.23. The highest BCUT2D eigenvalue weighted by Gasteiger charge is 2.39. The lowest BCUT2D eigenvalue weighted by Crippen LogP contribution is -2.59. The second-order valence-corrected chi connectivity index (χ2v) is 13.6. The molecule has 7 aromatic carbocycles. The number of fused-ring (bicyclic) bond motifs is 7. The number of nitrogens with zero attached hydrogens (tertiary/aromatic N) is 2. The Morgan fingerprint density at radius 3 is 1.72 bits per heavy atom. The number of para-hydroxylation sites is 3. The maximum Gasteiger partial charge on any atom is 0.249 e. The van der Waals surface area contributed by atoms with Gasteiger partial charge in [-0.2, -0.15) is 0 Å². The minimum absolute atomic E-state index is 0.205. The summed E-state index contributed by atoms with van der Waals surface area (Å²) in [7, 11) is 2.23. The van der Waals surface area contributed by atoms with Crippen molar-refractivity contribution in [3.05, 3.63) is 158 Å². The van der Waals surface area contributed by atoms with Crippen molar-refractivity contribution in [1.29, 1.82) is 0 Å². The third-order valence-electron chi connectivity index (χ3n) is 10.1. The lowest BCUT2D eigenvalue weighted by atomic mass is 9.35. The molecule has 0 radical (unpaired) electrons. The molecule has 0 spiro atoms. The smallest absolute Gasteiger partial charge is 0.249 e. The van der Waals surface area contributed by atoms with Crippen LogP contribution in [0.5, 0.6) is 0 Å². The van der Waals surface area contributed by atoms with Gasteiger partial charge in [0.15, 0.2) is 0 Å². The van der Waals surface area contributed by atoms with Gasteiger partial charge in [-0.1, -0.05) is 151 Å². The van der Waals surface area contributed by atoms with Gasteiger partial charge < -0.3 is 9.47 Å². The first-order chi connectivity index (χ1) is 23.3. The van der Waals surface area contributed by atoms with Crippen molar-refractivity contribution in [2.75, 3.05) is 11.9 Å². The highest BCUT2D eigenvalue weighted by Crippen LogP contribution is 2.44. The normalized spacial score (nSPS) is 13.0. The molecule has 0 amide bonds. The first-order valence-corrected chi connectivity index (χ1v) is 17.0. The van der Waals surface area contributed by atoms with Crippen LogP contribution in [0.3, 0.4) is 0 Å². The molecule has 1 aromatic heterocycles. The lowest BCUT2D eigenvalue weighted by Gasteiger charge is -2.38. The van der Waals surface area contributed by atoms with E-state index in [1.807, 2.05) is 11.8 Å². The predicted octanol–water partition coefficient (Wildman–Crippen LogP) is 9.18. The summed E-state index contributed by atoms with van der Waals surface area (Å²) < 4.78 is 2.55. The monoisotopic (exact) mass is 616 g/mol. The van der Waals surface area contributed by atoms with Gasteiger partial charge in [-0.05, 0) is 46.3 Å². The number of rotatable bonds is 3. The van der Waals surface area contributed by atoms with Crippen LogP contribution in [0.15, 0.2) is 168 Å². The molecule has 0 saturated carbocycles. The van der Waals surface area contributed by atoms with E-state index in [4.69, 9.17) is 0 Å². The Hall–Kier alpha value is -5.45. The van der Waals surface area contributed by atoms with Gasteiger partial charge in [-0.25, -0.2) is 0 Å². The van der Waals surface area contributed by atoms with E-state index in [2.05, 4.69) is 174 Å². The standard InChI is InChI=1S/C43H29BN2S/c1-45-37-24-10-8-22-35(37)44-36-23-9-11-25-39(36)47-40-27-30(26-38(45)41(40)44)46-42-31(28-14-4-2-5-15-28)18-12-20-33(42)34-21-13-19-32(43(34)46)29-16-6-3-7-17-29/h2-27H,1H3. The van der Waals surface area contributed by atoms with Gasteiger partial charge in [0.1, 0.15) is 0 Å². The SMILES string of the molecule is CN1c2ccccc2B2c3ccccc3Sc3cc(-n4c5c(-c6ccccc6)cccc5c5cccc(-c6ccccc6)c54)cc1c32. The van der Waals surface area contributed by atoms with Crippen LogP contribution < -0.4 is 21.3 Å². The zero-order valence-corrected chi connectivity index (χ0v) is 26.7.